The van der Waals surface area contributed by atoms with Crippen molar-refractivity contribution in [2.75, 3.05) is 7.05 Å². The summed E-state index contributed by atoms with van der Waals surface area (Å²) in [5, 5.41) is 25.9. The summed E-state index contributed by atoms with van der Waals surface area (Å²) in [7, 11) is 1.55. The van der Waals surface area contributed by atoms with Crippen LogP contribution in [0.1, 0.15) is 35.4 Å². The third-order valence-electron chi connectivity index (χ3n) is 3.81. The molecule has 3 aromatic heterocycles. The average Bonchev–Trinajstić information content (AvgIpc) is 3.19. The molecule has 10 heteroatoms. The lowest BCUT2D eigenvalue weighted by molar-refractivity contribution is -0.385. The first-order valence-corrected chi connectivity index (χ1v) is 7.78. The second-order valence-corrected chi connectivity index (χ2v) is 5.61. The maximum atomic E-state index is 12.6. The number of aromatic nitrogens is 5. The van der Waals surface area contributed by atoms with Crippen LogP contribution in [0.25, 0.3) is 5.65 Å². The summed E-state index contributed by atoms with van der Waals surface area (Å²) >= 11 is 0. The predicted molar refractivity (Wildman–Crippen MR) is 88.0 cm³/mol. The molecule has 0 aliphatic rings. The van der Waals surface area contributed by atoms with Gasteiger partial charge in [0, 0.05) is 13.2 Å². The highest BCUT2D eigenvalue weighted by atomic mass is 16.6. The number of aryl methyl sites for hydroxylation is 1. The molecule has 3 heterocycles. The first-order chi connectivity index (χ1) is 12.0. The molecule has 130 valence electrons. The van der Waals surface area contributed by atoms with Crippen LogP contribution in [-0.2, 0) is 13.0 Å². The van der Waals surface area contributed by atoms with Crippen molar-refractivity contribution < 1.29 is 9.72 Å². The van der Waals surface area contributed by atoms with Gasteiger partial charge in [-0.15, -0.1) is 10.2 Å². The molecule has 3 aromatic rings. The van der Waals surface area contributed by atoms with Crippen LogP contribution in [-0.4, -0.2) is 47.6 Å². The van der Waals surface area contributed by atoms with Gasteiger partial charge in [0.1, 0.15) is 5.69 Å². The van der Waals surface area contributed by atoms with Gasteiger partial charge in [-0.1, -0.05) is 19.4 Å². The highest BCUT2D eigenvalue weighted by Crippen LogP contribution is 2.23. The SMILES string of the molecule is CCCc1[nH]nc(C(=O)N(C)Cc2nnc3ccccn23)c1[N+](=O)[O-]. The second kappa shape index (κ2) is 6.67. The molecule has 10 nitrogen and oxygen atoms in total. The minimum absolute atomic E-state index is 0.150. The number of amides is 1. The minimum Gasteiger partial charge on any atom is -0.333 e. The number of carbonyl (C=O) groups is 1. The van der Waals surface area contributed by atoms with Crippen molar-refractivity contribution in [3.05, 3.63) is 51.7 Å². The molecule has 0 spiro atoms. The fraction of sp³-hybridized carbons (Fsp3) is 0.333. The number of hydrogen-bond donors (Lipinski definition) is 1. The monoisotopic (exact) mass is 343 g/mol. The number of fused-ring (bicyclic) bond motifs is 1. The van der Waals surface area contributed by atoms with Crippen molar-refractivity contribution in [2.24, 2.45) is 0 Å². The van der Waals surface area contributed by atoms with Crippen molar-refractivity contribution in [3.8, 4) is 0 Å². The van der Waals surface area contributed by atoms with Gasteiger partial charge in [-0.2, -0.15) is 5.10 Å². The van der Waals surface area contributed by atoms with Gasteiger partial charge in [0.05, 0.1) is 11.5 Å². The Kier molecular flexibility index (Phi) is 4.42. The predicted octanol–water partition coefficient (Wildman–Crippen LogP) is 1.59. The first kappa shape index (κ1) is 16.6. The molecule has 1 amide bonds. The average molecular weight is 343 g/mol. The van der Waals surface area contributed by atoms with E-state index in [9.17, 15) is 14.9 Å². The van der Waals surface area contributed by atoms with Gasteiger partial charge in [-0.25, -0.2) is 0 Å². The van der Waals surface area contributed by atoms with Crippen LogP contribution in [0.3, 0.4) is 0 Å². The molecule has 0 radical (unpaired) electrons. The maximum Gasteiger partial charge on any atom is 0.322 e. The van der Waals surface area contributed by atoms with Gasteiger partial charge in [-0.05, 0) is 18.6 Å². The lowest BCUT2D eigenvalue weighted by atomic mass is 10.2. The van der Waals surface area contributed by atoms with Crippen molar-refractivity contribution in [3.63, 3.8) is 0 Å². The lowest BCUT2D eigenvalue weighted by Gasteiger charge is -2.14. The Hall–Kier alpha value is -3.30. The highest BCUT2D eigenvalue weighted by Gasteiger charge is 2.30. The number of pyridine rings is 1. The molecule has 25 heavy (non-hydrogen) atoms. The number of H-pyrrole nitrogens is 1. The summed E-state index contributed by atoms with van der Waals surface area (Å²) < 4.78 is 1.76. The van der Waals surface area contributed by atoms with Crippen LogP contribution in [0.2, 0.25) is 0 Å². The zero-order valence-electron chi connectivity index (χ0n) is 13.8. The number of nitrogens with one attached hydrogen (secondary N) is 1. The molecule has 0 unspecified atom stereocenters. The van der Waals surface area contributed by atoms with Crippen LogP contribution in [0, 0.1) is 10.1 Å². The Morgan fingerprint density at radius 1 is 1.40 bits per heavy atom. The fourth-order valence-corrected chi connectivity index (χ4v) is 2.61. The molecule has 0 saturated carbocycles. The van der Waals surface area contributed by atoms with Crippen LogP contribution in [0.4, 0.5) is 5.69 Å². The van der Waals surface area contributed by atoms with Gasteiger partial charge in [-0.3, -0.25) is 24.4 Å². The van der Waals surface area contributed by atoms with Gasteiger partial charge in [0.25, 0.3) is 5.91 Å². The van der Waals surface area contributed by atoms with Crippen molar-refractivity contribution in [1.29, 1.82) is 0 Å². The summed E-state index contributed by atoms with van der Waals surface area (Å²) in [6.45, 7) is 2.05. The van der Waals surface area contributed by atoms with E-state index in [0.717, 1.165) is 0 Å². The van der Waals surface area contributed by atoms with Gasteiger partial charge in [0.2, 0.25) is 5.69 Å². The number of aromatic amines is 1. The second-order valence-electron chi connectivity index (χ2n) is 5.61. The zero-order chi connectivity index (χ0) is 18.0. The van der Waals surface area contributed by atoms with Crippen LogP contribution >= 0.6 is 0 Å². The standard InChI is InChI=1S/C15H17N7O3/c1-3-6-10-14(22(24)25)13(19-16-10)15(23)20(2)9-12-18-17-11-7-4-5-8-21(11)12/h4-5,7-8H,3,6,9H2,1-2H3,(H,16,19). The fourth-order valence-electron chi connectivity index (χ4n) is 2.61. The number of hydrogen-bond acceptors (Lipinski definition) is 6. The quantitative estimate of drug-likeness (QED) is 0.535. The largest absolute Gasteiger partial charge is 0.333 e. The van der Waals surface area contributed by atoms with Gasteiger partial charge >= 0.3 is 5.69 Å². The third kappa shape index (κ3) is 3.05. The Morgan fingerprint density at radius 2 is 2.20 bits per heavy atom. The molecular weight excluding hydrogens is 326 g/mol. The normalized spacial score (nSPS) is 11.0. The smallest absolute Gasteiger partial charge is 0.322 e. The van der Waals surface area contributed by atoms with E-state index in [1.54, 1.807) is 23.7 Å². The van der Waals surface area contributed by atoms with E-state index in [0.29, 0.717) is 30.0 Å². The number of rotatable bonds is 6. The summed E-state index contributed by atoms with van der Waals surface area (Å²) in [4.78, 5) is 24.7. The van der Waals surface area contributed by atoms with E-state index >= 15 is 0 Å². The zero-order valence-corrected chi connectivity index (χ0v) is 13.8. The van der Waals surface area contributed by atoms with Crippen molar-refractivity contribution >= 4 is 17.2 Å². The minimum atomic E-state index is -0.567. The third-order valence-corrected chi connectivity index (χ3v) is 3.81. The molecule has 0 saturated heterocycles. The highest BCUT2D eigenvalue weighted by molar-refractivity contribution is 5.96. The number of nitro groups is 1. The topological polar surface area (TPSA) is 122 Å². The Bertz CT molecular complexity index is 930. The molecule has 1 N–H and O–H groups in total. The number of carbonyl (C=O) groups excluding carboxylic acids is 1. The van der Waals surface area contributed by atoms with E-state index in [2.05, 4.69) is 20.4 Å². The molecule has 3 rings (SSSR count). The van der Waals surface area contributed by atoms with Gasteiger partial charge < -0.3 is 4.90 Å². The van der Waals surface area contributed by atoms with E-state index in [4.69, 9.17) is 0 Å². The molecular formula is C15H17N7O3. The summed E-state index contributed by atoms with van der Waals surface area (Å²) in [6.07, 6.45) is 2.95. The summed E-state index contributed by atoms with van der Waals surface area (Å²) in [5.41, 5.74) is 0.570. The Morgan fingerprint density at radius 3 is 2.92 bits per heavy atom. The Balaban J connectivity index is 1.87. The molecule has 0 aliphatic heterocycles. The van der Waals surface area contributed by atoms with E-state index in [1.165, 1.54) is 4.90 Å². The maximum absolute atomic E-state index is 12.6. The molecule has 0 aromatic carbocycles. The molecule has 0 atom stereocenters. The van der Waals surface area contributed by atoms with Crippen molar-refractivity contribution in [1.82, 2.24) is 29.7 Å². The Labute approximate surface area is 142 Å². The summed E-state index contributed by atoms with van der Waals surface area (Å²) in [6, 6.07) is 5.47. The van der Waals surface area contributed by atoms with E-state index in [1.807, 2.05) is 19.1 Å². The van der Waals surface area contributed by atoms with Gasteiger partial charge in [0.15, 0.2) is 11.5 Å². The van der Waals surface area contributed by atoms with Crippen LogP contribution < -0.4 is 0 Å². The van der Waals surface area contributed by atoms with E-state index < -0.39 is 10.8 Å². The summed E-state index contributed by atoms with van der Waals surface area (Å²) in [5.74, 6) is 0.0106. The first-order valence-electron chi connectivity index (χ1n) is 7.78. The number of nitrogens with zero attached hydrogens (tertiary/aromatic N) is 6. The van der Waals surface area contributed by atoms with E-state index in [-0.39, 0.29) is 17.9 Å². The lowest BCUT2D eigenvalue weighted by Crippen LogP contribution is -2.28. The molecule has 0 aliphatic carbocycles. The van der Waals surface area contributed by atoms with Crippen LogP contribution in [0.5, 0.6) is 0 Å². The van der Waals surface area contributed by atoms with Crippen molar-refractivity contribution in [2.45, 2.75) is 26.3 Å². The molecule has 0 bridgehead atoms. The van der Waals surface area contributed by atoms with Crippen LogP contribution in [0.15, 0.2) is 24.4 Å². The molecule has 0 fully saturated rings.